The summed E-state index contributed by atoms with van der Waals surface area (Å²) < 4.78 is 33.1. The summed E-state index contributed by atoms with van der Waals surface area (Å²) in [6, 6.07) is 4.84. The molecule has 4 rings (SSSR count). The largest absolute Gasteiger partial charge is 0.472 e. The van der Waals surface area contributed by atoms with E-state index in [2.05, 4.69) is 14.7 Å². The van der Waals surface area contributed by atoms with Crippen LogP contribution in [-0.4, -0.2) is 48.3 Å². The highest BCUT2D eigenvalue weighted by molar-refractivity contribution is 7.89. The van der Waals surface area contributed by atoms with Gasteiger partial charge in [0.2, 0.25) is 10.0 Å². The van der Waals surface area contributed by atoms with Gasteiger partial charge in [0.1, 0.15) is 16.8 Å². The molecule has 9 heteroatoms. The van der Waals surface area contributed by atoms with Crippen molar-refractivity contribution in [2.75, 3.05) is 13.1 Å². The van der Waals surface area contributed by atoms with Gasteiger partial charge in [0.15, 0.2) is 0 Å². The van der Waals surface area contributed by atoms with Crippen LogP contribution in [0.5, 0.6) is 0 Å². The second-order valence-electron chi connectivity index (χ2n) is 6.25. The van der Waals surface area contributed by atoms with Gasteiger partial charge < -0.3 is 14.3 Å². The zero-order valence-corrected chi connectivity index (χ0v) is 14.7. The molecule has 1 aliphatic rings. The van der Waals surface area contributed by atoms with Crippen molar-refractivity contribution < 1.29 is 17.6 Å². The van der Waals surface area contributed by atoms with Gasteiger partial charge in [-0.15, -0.1) is 0 Å². The minimum atomic E-state index is -3.66. The molecule has 1 amide bonds. The van der Waals surface area contributed by atoms with Crippen molar-refractivity contribution in [3.05, 3.63) is 48.7 Å². The topological polar surface area (TPSA) is 108 Å². The lowest BCUT2D eigenvalue weighted by atomic mass is 10.1. The van der Waals surface area contributed by atoms with Crippen LogP contribution in [0.4, 0.5) is 0 Å². The number of carbonyl (C=O) groups excluding carboxylic acids is 1. The van der Waals surface area contributed by atoms with E-state index in [1.807, 2.05) is 0 Å². The summed E-state index contributed by atoms with van der Waals surface area (Å²) in [6.45, 7) is 0.985. The molecule has 0 radical (unpaired) electrons. The maximum absolute atomic E-state index is 12.7. The van der Waals surface area contributed by atoms with E-state index in [0.717, 1.165) is 0 Å². The Hall–Kier alpha value is -2.65. The van der Waals surface area contributed by atoms with Crippen LogP contribution in [0.15, 0.2) is 52.4 Å². The normalized spacial score (nSPS) is 16.2. The van der Waals surface area contributed by atoms with E-state index >= 15 is 0 Å². The molecule has 0 aromatic carbocycles. The number of piperidine rings is 1. The van der Waals surface area contributed by atoms with Gasteiger partial charge in [0.05, 0.1) is 11.8 Å². The predicted octanol–water partition coefficient (Wildman–Crippen LogP) is 1.74. The van der Waals surface area contributed by atoms with Crippen LogP contribution in [-0.2, 0) is 10.0 Å². The molecule has 0 saturated carbocycles. The van der Waals surface area contributed by atoms with Crippen LogP contribution in [0.3, 0.4) is 0 Å². The molecule has 3 aromatic rings. The van der Waals surface area contributed by atoms with Crippen LogP contribution in [0.25, 0.3) is 11.0 Å². The molecule has 8 nitrogen and oxygen atoms in total. The highest BCUT2D eigenvalue weighted by Crippen LogP contribution is 2.22. The van der Waals surface area contributed by atoms with Gasteiger partial charge in [-0.05, 0) is 31.0 Å². The Kier molecular flexibility index (Phi) is 4.25. The quantitative estimate of drug-likeness (QED) is 0.723. The number of hydrogen-bond donors (Lipinski definition) is 2. The SMILES string of the molecule is O=C(c1ccoc1)N1CCC(NS(=O)(=O)c2c[nH]c3ncccc23)CC1. The maximum Gasteiger partial charge on any atom is 0.257 e. The lowest BCUT2D eigenvalue weighted by Crippen LogP contribution is -2.46. The number of aromatic amines is 1. The minimum absolute atomic E-state index is 0.0947. The molecule has 0 bridgehead atoms. The summed E-state index contributed by atoms with van der Waals surface area (Å²) in [5, 5.41) is 0.563. The Labute approximate surface area is 150 Å². The van der Waals surface area contributed by atoms with Gasteiger partial charge in [-0.3, -0.25) is 4.79 Å². The third-order valence-corrected chi connectivity index (χ3v) is 6.14. The standard InChI is InChI=1S/C17H18N4O4S/c22-17(12-5-9-25-11-12)21-7-3-13(4-8-21)20-26(23,24)15-10-19-16-14(15)2-1-6-18-16/h1-2,5-6,9-11,13,20H,3-4,7-8H2,(H,18,19). The van der Waals surface area contributed by atoms with Gasteiger partial charge >= 0.3 is 0 Å². The van der Waals surface area contributed by atoms with E-state index in [-0.39, 0.29) is 16.8 Å². The molecule has 0 atom stereocenters. The fraction of sp³-hybridized carbons (Fsp3) is 0.294. The zero-order chi connectivity index (χ0) is 18.1. The Morgan fingerprint density at radius 2 is 2.12 bits per heavy atom. The van der Waals surface area contributed by atoms with Crippen LogP contribution in [0.2, 0.25) is 0 Å². The predicted molar refractivity (Wildman–Crippen MR) is 94.0 cm³/mol. The third kappa shape index (κ3) is 3.11. The number of carbonyl (C=O) groups is 1. The van der Waals surface area contributed by atoms with Crippen molar-refractivity contribution in [3.63, 3.8) is 0 Å². The van der Waals surface area contributed by atoms with Crippen molar-refractivity contribution in [2.45, 2.75) is 23.8 Å². The maximum atomic E-state index is 12.7. The van der Waals surface area contributed by atoms with E-state index in [9.17, 15) is 13.2 Å². The van der Waals surface area contributed by atoms with Crippen LogP contribution < -0.4 is 4.72 Å². The smallest absolute Gasteiger partial charge is 0.257 e. The van der Waals surface area contributed by atoms with Gasteiger partial charge in [-0.25, -0.2) is 18.1 Å². The summed E-state index contributed by atoms with van der Waals surface area (Å²) >= 11 is 0. The van der Waals surface area contributed by atoms with Gasteiger partial charge in [0, 0.05) is 36.9 Å². The monoisotopic (exact) mass is 374 g/mol. The number of fused-ring (bicyclic) bond motifs is 1. The number of H-pyrrole nitrogens is 1. The highest BCUT2D eigenvalue weighted by atomic mass is 32.2. The van der Waals surface area contributed by atoms with Crippen molar-refractivity contribution in [2.24, 2.45) is 0 Å². The van der Waals surface area contributed by atoms with Crippen LogP contribution >= 0.6 is 0 Å². The summed E-state index contributed by atoms with van der Waals surface area (Å²) in [4.78, 5) is 21.2. The average Bonchev–Trinajstić information content (AvgIpc) is 3.31. The van der Waals surface area contributed by atoms with Gasteiger partial charge in [-0.1, -0.05) is 0 Å². The number of aromatic nitrogens is 2. The van der Waals surface area contributed by atoms with Crippen molar-refractivity contribution in [1.82, 2.24) is 19.6 Å². The van der Waals surface area contributed by atoms with Crippen molar-refractivity contribution >= 4 is 27.0 Å². The Balaban J connectivity index is 1.43. The number of nitrogens with one attached hydrogen (secondary N) is 2. The number of amides is 1. The Morgan fingerprint density at radius 3 is 2.85 bits per heavy atom. The molecule has 2 N–H and O–H groups in total. The second-order valence-corrected chi connectivity index (χ2v) is 7.93. The first-order valence-corrected chi connectivity index (χ1v) is 9.79. The molecule has 4 heterocycles. The average molecular weight is 374 g/mol. The number of hydrogen-bond acceptors (Lipinski definition) is 5. The number of rotatable bonds is 4. The van der Waals surface area contributed by atoms with Crippen molar-refractivity contribution in [1.29, 1.82) is 0 Å². The Morgan fingerprint density at radius 1 is 1.31 bits per heavy atom. The number of likely N-dealkylation sites (tertiary alicyclic amines) is 1. The second kappa shape index (κ2) is 6.58. The molecule has 3 aromatic heterocycles. The number of furan rings is 1. The van der Waals surface area contributed by atoms with E-state index in [1.165, 1.54) is 18.7 Å². The highest BCUT2D eigenvalue weighted by Gasteiger charge is 2.28. The summed E-state index contributed by atoms with van der Waals surface area (Å²) in [7, 11) is -3.66. The number of nitrogens with zero attached hydrogens (tertiary/aromatic N) is 2. The molecule has 0 aliphatic carbocycles. The van der Waals surface area contributed by atoms with Gasteiger partial charge in [-0.2, -0.15) is 0 Å². The fourth-order valence-corrected chi connectivity index (χ4v) is 4.68. The summed E-state index contributed by atoms with van der Waals surface area (Å²) in [6.07, 6.45) is 7.06. The lowest BCUT2D eigenvalue weighted by Gasteiger charge is -2.32. The first-order valence-electron chi connectivity index (χ1n) is 8.30. The first-order chi connectivity index (χ1) is 12.5. The zero-order valence-electron chi connectivity index (χ0n) is 13.9. The van der Waals surface area contributed by atoms with E-state index < -0.39 is 10.0 Å². The van der Waals surface area contributed by atoms with Crippen molar-refractivity contribution in [3.8, 4) is 0 Å². The minimum Gasteiger partial charge on any atom is -0.472 e. The summed E-state index contributed by atoms with van der Waals surface area (Å²) in [5.74, 6) is -0.0947. The molecule has 136 valence electrons. The molecular weight excluding hydrogens is 356 g/mol. The number of sulfonamides is 1. The molecular formula is C17H18N4O4S. The lowest BCUT2D eigenvalue weighted by molar-refractivity contribution is 0.0710. The molecule has 1 fully saturated rings. The van der Waals surface area contributed by atoms with E-state index in [0.29, 0.717) is 42.5 Å². The van der Waals surface area contributed by atoms with E-state index in [1.54, 1.807) is 29.3 Å². The molecule has 26 heavy (non-hydrogen) atoms. The summed E-state index contributed by atoms with van der Waals surface area (Å²) in [5.41, 5.74) is 1.05. The molecule has 0 unspecified atom stereocenters. The van der Waals surface area contributed by atoms with Crippen LogP contribution in [0.1, 0.15) is 23.2 Å². The third-order valence-electron chi connectivity index (χ3n) is 4.57. The van der Waals surface area contributed by atoms with E-state index in [4.69, 9.17) is 4.42 Å². The molecule has 1 saturated heterocycles. The first kappa shape index (κ1) is 16.8. The fourth-order valence-electron chi connectivity index (χ4n) is 3.21. The number of pyridine rings is 1. The molecule has 0 spiro atoms. The Bertz CT molecular complexity index is 1020. The molecule has 1 aliphatic heterocycles. The van der Waals surface area contributed by atoms with Gasteiger partial charge in [0.25, 0.3) is 5.91 Å². The van der Waals surface area contributed by atoms with Crippen LogP contribution in [0, 0.1) is 0 Å².